The fourth-order valence-electron chi connectivity index (χ4n) is 2.98. The van der Waals surface area contributed by atoms with Gasteiger partial charge in [0.05, 0.1) is 0 Å². The first-order valence-electron chi connectivity index (χ1n) is 10.8. The van der Waals surface area contributed by atoms with Crippen molar-refractivity contribution in [3.8, 4) is 0 Å². The molecule has 0 aliphatic heterocycles. The maximum absolute atomic E-state index is 4.04. The van der Waals surface area contributed by atoms with E-state index in [-0.39, 0.29) is 229 Å². The van der Waals surface area contributed by atoms with Crippen LogP contribution in [0.3, 0.4) is 0 Å². The number of aromatic nitrogens is 4. The van der Waals surface area contributed by atoms with E-state index >= 15 is 0 Å². The molecule has 0 aromatic carbocycles. The van der Waals surface area contributed by atoms with Gasteiger partial charge in [-0.2, -0.15) is 11.1 Å². The Morgan fingerprint density at radius 1 is 0.811 bits per heavy atom. The zero-order valence-corrected chi connectivity index (χ0v) is 43.8. The van der Waals surface area contributed by atoms with Crippen LogP contribution in [0.2, 0.25) is 0 Å². The summed E-state index contributed by atoms with van der Waals surface area (Å²) in [5, 5.41) is 3.81. The van der Waals surface area contributed by atoms with Gasteiger partial charge in [0, 0.05) is 248 Å². The summed E-state index contributed by atoms with van der Waals surface area (Å²) in [4.78, 5) is 8.06. The standard InChI is InChI=1S/C7H9N.C7H8N.C7H14.C5H7N2.7Y/c1-6-3-4-8-7(2)5-6;1-6-3-4-7(2)8-5-6;1-7-5-3-2-4-6-7;1-5-3-6-7(2)4-5;;;;;;;/h3-5H,1-2H3;3,5H,1-2H3;7H,2-6H2,1H3;4H,1-2H3;;;;;;;/q;-1;;-1;;;;;;;. The van der Waals surface area contributed by atoms with Gasteiger partial charge in [-0.15, -0.1) is 19.3 Å². The van der Waals surface area contributed by atoms with Gasteiger partial charge in [-0.25, -0.2) is 12.1 Å². The van der Waals surface area contributed by atoms with E-state index in [0.29, 0.717) is 0 Å². The Morgan fingerprint density at radius 2 is 1.38 bits per heavy atom. The third kappa shape index (κ3) is 35.6. The monoisotopic (exact) mass is 1030 g/mol. The van der Waals surface area contributed by atoms with Crippen molar-refractivity contribution in [3.63, 3.8) is 0 Å². The molecule has 4 nitrogen and oxygen atoms in total. The SMILES string of the molecule is CC1CCCCC1.Cc1[c-]nn(C)c1.Cc1c[c-]c(C)nc1.Cc1ccnc(C)c1.[Y].[Y].[Y].[Y].[Y].[Y].[Y]. The molecule has 0 spiro atoms. The first-order chi connectivity index (χ1) is 14.3. The summed E-state index contributed by atoms with van der Waals surface area (Å²) in [6, 6.07) is 8.97. The van der Waals surface area contributed by atoms with E-state index in [2.05, 4.69) is 47.2 Å². The van der Waals surface area contributed by atoms with Crippen molar-refractivity contribution < 1.29 is 229 Å². The molecule has 0 unspecified atom stereocenters. The third-order valence-electron chi connectivity index (χ3n) is 4.68. The van der Waals surface area contributed by atoms with Gasteiger partial charge < -0.3 is 14.8 Å². The molecule has 4 rings (SSSR count). The summed E-state index contributed by atoms with van der Waals surface area (Å²) in [6.45, 7) is 12.3. The molecule has 1 saturated carbocycles. The number of hydrogen-bond donors (Lipinski definition) is 0. The van der Waals surface area contributed by atoms with Gasteiger partial charge in [0.2, 0.25) is 0 Å². The summed E-state index contributed by atoms with van der Waals surface area (Å²) in [5.74, 6) is 1.04. The van der Waals surface area contributed by atoms with Gasteiger partial charge >= 0.3 is 0 Å². The molecule has 0 amide bonds. The second-order valence-corrected chi connectivity index (χ2v) is 8.19. The number of rotatable bonds is 0. The average Bonchev–Trinajstić information content (AvgIpc) is 3.09. The normalized spacial score (nSPS) is 10.6. The fourth-order valence-corrected chi connectivity index (χ4v) is 2.98. The van der Waals surface area contributed by atoms with Crippen molar-refractivity contribution in [3.05, 3.63) is 77.1 Å². The minimum Gasteiger partial charge on any atom is -0.372 e. The van der Waals surface area contributed by atoms with Crippen LogP contribution < -0.4 is 0 Å². The van der Waals surface area contributed by atoms with Crippen LogP contribution in [0.4, 0.5) is 0 Å². The molecule has 185 valence electrons. The Hall–Kier alpha value is 5.24. The van der Waals surface area contributed by atoms with Crippen LogP contribution >= 0.6 is 0 Å². The molecule has 11 heteroatoms. The molecule has 37 heavy (non-hydrogen) atoms. The van der Waals surface area contributed by atoms with E-state index in [0.717, 1.165) is 28.4 Å². The third-order valence-corrected chi connectivity index (χ3v) is 4.68. The van der Waals surface area contributed by atoms with Crippen molar-refractivity contribution in [1.82, 2.24) is 19.7 Å². The summed E-state index contributed by atoms with van der Waals surface area (Å²) in [5.41, 5.74) is 5.57. The molecule has 1 fully saturated rings. The van der Waals surface area contributed by atoms with Crippen LogP contribution in [-0.4, -0.2) is 19.7 Å². The second-order valence-electron chi connectivity index (χ2n) is 8.19. The minimum atomic E-state index is 0. The second kappa shape index (κ2) is 37.4. The zero-order chi connectivity index (χ0) is 22.4. The largest absolute Gasteiger partial charge is 0.372 e. The molecule has 1 aliphatic carbocycles. The van der Waals surface area contributed by atoms with Gasteiger partial charge in [-0.1, -0.05) is 57.8 Å². The van der Waals surface area contributed by atoms with Crippen molar-refractivity contribution >= 4 is 0 Å². The molecule has 0 atom stereocenters. The van der Waals surface area contributed by atoms with Crippen molar-refractivity contribution in [2.45, 2.75) is 73.6 Å². The Balaban J connectivity index is -0.0000000611. The van der Waals surface area contributed by atoms with Crippen LogP contribution in [-0.2, 0) is 236 Å². The van der Waals surface area contributed by atoms with E-state index in [1.54, 1.807) is 4.68 Å². The van der Waals surface area contributed by atoms with E-state index in [9.17, 15) is 0 Å². The van der Waals surface area contributed by atoms with Gasteiger partial charge in [-0.3, -0.25) is 4.98 Å². The summed E-state index contributed by atoms with van der Waals surface area (Å²) in [6.07, 6.45) is 15.8. The number of nitrogens with zero attached hydrogens (tertiary/aromatic N) is 4. The van der Waals surface area contributed by atoms with Crippen LogP contribution in [0.25, 0.3) is 0 Å². The molecule has 1 aliphatic rings. The number of hydrogen-bond acceptors (Lipinski definition) is 3. The number of aryl methyl sites for hydroxylation is 6. The van der Waals surface area contributed by atoms with Gasteiger partial charge in [0.1, 0.15) is 0 Å². The summed E-state index contributed by atoms with van der Waals surface area (Å²) in [7, 11) is 1.88. The van der Waals surface area contributed by atoms with E-state index in [4.69, 9.17) is 0 Å². The molecule has 3 aromatic heterocycles. The predicted molar refractivity (Wildman–Crippen MR) is 125 cm³/mol. The Kier molecular flexibility index (Phi) is 58.5. The van der Waals surface area contributed by atoms with Crippen LogP contribution in [0.5, 0.6) is 0 Å². The zero-order valence-electron chi connectivity index (χ0n) is 23.9. The van der Waals surface area contributed by atoms with Crippen LogP contribution in [0.1, 0.15) is 67.1 Å². The minimum absolute atomic E-state index is 0. The Morgan fingerprint density at radius 3 is 1.62 bits per heavy atom. The van der Waals surface area contributed by atoms with Gasteiger partial charge in [0.15, 0.2) is 0 Å². The Labute approximate surface area is 403 Å². The number of pyridine rings is 2. The van der Waals surface area contributed by atoms with Crippen molar-refractivity contribution in [2.75, 3.05) is 0 Å². The maximum Gasteiger partial charge on any atom is 0.0375 e. The summed E-state index contributed by atoms with van der Waals surface area (Å²) >= 11 is 0. The van der Waals surface area contributed by atoms with Crippen LogP contribution in [0.15, 0.2) is 36.8 Å². The molecular weight excluding hydrogens is 991 g/mol. The fraction of sp³-hybridized carbons (Fsp3) is 0.500. The van der Waals surface area contributed by atoms with Crippen molar-refractivity contribution in [1.29, 1.82) is 0 Å². The average molecular weight is 1030 g/mol. The molecule has 3 aromatic rings. The van der Waals surface area contributed by atoms with E-state index in [1.165, 1.54) is 37.7 Å². The molecule has 0 bridgehead atoms. The smallest absolute Gasteiger partial charge is 0.0375 e. The van der Waals surface area contributed by atoms with Gasteiger partial charge in [-0.05, 0) is 44.4 Å². The quantitative estimate of drug-likeness (QED) is 0.249. The molecule has 3 heterocycles. The first kappa shape index (κ1) is 57.8. The predicted octanol–water partition coefficient (Wildman–Crippen LogP) is 6.29. The molecule has 0 N–H and O–H groups in total. The van der Waals surface area contributed by atoms with Gasteiger partial charge in [0.25, 0.3) is 0 Å². The van der Waals surface area contributed by atoms with E-state index in [1.807, 2.05) is 65.5 Å². The molecule has 0 saturated heterocycles. The topological polar surface area (TPSA) is 43.6 Å². The van der Waals surface area contributed by atoms with E-state index < -0.39 is 0 Å². The first-order valence-corrected chi connectivity index (χ1v) is 10.8. The Bertz CT molecular complexity index is 786. The van der Waals surface area contributed by atoms with Crippen molar-refractivity contribution in [2.24, 2.45) is 13.0 Å². The maximum atomic E-state index is 4.04. The van der Waals surface area contributed by atoms with Crippen LogP contribution in [0, 0.1) is 52.8 Å². The molecular formula is C26H38N4Y7-2. The summed E-state index contributed by atoms with van der Waals surface area (Å²) < 4.78 is 1.73. The molecule has 7 radical (unpaired) electrons.